The van der Waals surface area contributed by atoms with E-state index < -0.39 is 27.9 Å². The molecule has 44 heavy (non-hydrogen) atoms. The minimum atomic E-state index is -4.03. The molecule has 234 valence electrons. The highest BCUT2D eigenvalue weighted by Crippen LogP contribution is 2.42. The fourth-order valence-corrected chi connectivity index (χ4v) is 8.90. The maximum absolute atomic E-state index is 14.0. The Kier molecular flexibility index (Phi) is 9.04. The average Bonchev–Trinajstić information content (AvgIpc) is 3.29. The third-order valence-corrected chi connectivity index (χ3v) is 11.9. The van der Waals surface area contributed by atoms with Crippen molar-refractivity contribution in [2.45, 2.75) is 56.4 Å². The van der Waals surface area contributed by atoms with Crippen LogP contribution in [0.5, 0.6) is 0 Å². The lowest BCUT2D eigenvalue weighted by Crippen LogP contribution is -2.60. The van der Waals surface area contributed by atoms with Gasteiger partial charge in [0, 0.05) is 37.3 Å². The summed E-state index contributed by atoms with van der Waals surface area (Å²) < 4.78 is 34.6. The van der Waals surface area contributed by atoms with Crippen LogP contribution in [0.3, 0.4) is 0 Å². The summed E-state index contributed by atoms with van der Waals surface area (Å²) in [6.45, 7) is 4.47. The second-order valence-electron chi connectivity index (χ2n) is 11.8. The highest BCUT2D eigenvalue weighted by molar-refractivity contribution is 7.89. The number of carboxylic acid groups (broad SMARTS) is 1. The van der Waals surface area contributed by atoms with Crippen LogP contribution in [0.1, 0.15) is 53.8 Å². The lowest BCUT2D eigenvalue weighted by Gasteiger charge is -2.44. The normalized spacial score (nSPS) is 20.9. The van der Waals surface area contributed by atoms with E-state index in [0.717, 1.165) is 72.4 Å². The summed E-state index contributed by atoms with van der Waals surface area (Å²) in [7, 11) is -4.03. The number of benzene rings is 1. The van der Waals surface area contributed by atoms with Crippen molar-refractivity contribution in [3.05, 3.63) is 59.1 Å². The number of thiophene rings is 1. The van der Waals surface area contributed by atoms with E-state index in [1.165, 1.54) is 10.5 Å². The standard InChI is InChI=1S/C32H38N4O6S2/c1-22-8-10-24(11-9-22)28-18-26(31(43-28)32(38)39)36-27(23-6-3-2-4-7-23)20-35(21-30(36)37)44(40,41)25-12-13-29(33-19-25)34-14-5-16-42-17-15-34/h8-13,18-19,23,27H,2-7,14-17,20-21H2,1H3,(H,38,39). The summed E-state index contributed by atoms with van der Waals surface area (Å²) in [4.78, 5) is 35.5. The van der Waals surface area contributed by atoms with Crippen LogP contribution in [0.25, 0.3) is 10.4 Å². The Labute approximate surface area is 262 Å². The highest BCUT2D eigenvalue weighted by Gasteiger charge is 2.44. The first-order valence-electron chi connectivity index (χ1n) is 15.3. The summed E-state index contributed by atoms with van der Waals surface area (Å²) in [5.74, 6) is -0.768. The van der Waals surface area contributed by atoms with Crippen molar-refractivity contribution in [2.75, 3.05) is 49.2 Å². The number of carbonyl (C=O) groups is 2. The molecular formula is C32H38N4O6S2. The molecule has 3 aliphatic rings. The number of aromatic nitrogens is 1. The van der Waals surface area contributed by atoms with E-state index in [4.69, 9.17) is 4.74 Å². The van der Waals surface area contributed by atoms with Gasteiger partial charge in [-0.25, -0.2) is 18.2 Å². The Morgan fingerprint density at radius 2 is 1.80 bits per heavy atom. The Hall–Kier alpha value is -3.32. The highest BCUT2D eigenvalue weighted by atomic mass is 32.2. The van der Waals surface area contributed by atoms with Crippen LogP contribution in [0.4, 0.5) is 11.5 Å². The Balaban J connectivity index is 1.32. The van der Waals surface area contributed by atoms with Gasteiger partial charge in [0.15, 0.2) is 0 Å². The number of carboxylic acids is 1. The number of carbonyl (C=O) groups excluding carboxylic acids is 1. The smallest absolute Gasteiger partial charge is 0.348 e. The number of rotatable bonds is 7. The largest absolute Gasteiger partial charge is 0.477 e. The zero-order valence-electron chi connectivity index (χ0n) is 24.9. The number of piperazine rings is 1. The van der Waals surface area contributed by atoms with Gasteiger partial charge in [-0.3, -0.25) is 4.79 Å². The Morgan fingerprint density at radius 1 is 1.02 bits per heavy atom. The molecule has 3 aromatic rings. The number of amides is 1. The van der Waals surface area contributed by atoms with Crippen molar-refractivity contribution >= 4 is 44.7 Å². The molecule has 0 radical (unpaired) electrons. The maximum Gasteiger partial charge on any atom is 0.348 e. The van der Waals surface area contributed by atoms with E-state index in [-0.39, 0.29) is 28.8 Å². The molecule has 1 N–H and O–H groups in total. The SMILES string of the molecule is Cc1ccc(-c2cc(N3C(=O)CN(S(=O)(=O)c4ccc(N5CCCOCC5)nc4)CC3C3CCCCC3)c(C(=O)O)s2)cc1. The molecule has 0 spiro atoms. The topological polar surface area (TPSA) is 120 Å². The fraction of sp³-hybridized carbons (Fsp3) is 0.469. The van der Waals surface area contributed by atoms with Gasteiger partial charge < -0.3 is 19.6 Å². The number of hydrogen-bond acceptors (Lipinski definition) is 8. The summed E-state index contributed by atoms with van der Waals surface area (Å²) in [5.41, 5.74) is 2.32. The first kappa shape index (κ1) is 30.7. The van der Waals surface area contributed by atoms with Crippen LogP contribution >= 0.6 is 11.3 Å². The Bertz CT molecular complexity index is 1590. The third kappa shape index (κ3) is 6.26. The van der Waals surface area contributed by atoms with Gasteiger partial charge in [0.1, 0.15) is 15.6 Å². The van der Waals surface area contributed by atoms with Gasteiger partial charge in [0.05, 0.1) is 24.9 Å². The van der Waals surface area contributed by atoms with Crippen LogP contribution in [0, 0.1) is 12.8 Å². The predicted molar refractivity (Wildman–Crippen MR) is 170 cm³/mol. The molecule has 4 heterocycles. The second-order valence-corrected chi connectivity index (χ2v) is 14.8. The summed E-state index contributed by atoms with van der Waals surface area (Å²) in [6.07, 6.45) is 7.04. The number of aromatic carboxylic acids is 1. The fourth-order valence-electron chi connectivity index (χ4n) is 6.55. The zero-order valence-corrected chi connectivity index (χ0v) is 26.5. The van der Waals surface area contributed by atoms with Crippen LogP contribution in [-0.4, -0.2) is 80.1 Å². The molecule has 1 aliphatic carbocycles. The van der Waals surface area contributed by atoms with Crippen LogP contribution in [-0.2, 0) is 19.6 Å². The number of ether oxygens (including phenoxy) is 1. The molecule has 10 nitrogen and oxygen atoms in total. The summed E-state index contributed by atoms with van der Waals surface area (Å²) in [5, 5.41) is 10.2. The van der Waals surface area contributed by atoms with Gasteiger partial charge in [-0.2, -0.15) is 4.31 Å². The second kappa shape index (κ2) is 13.0. The number of nitrogens with zero attached hydrogens (tertiary/aromatic N) is 4. The average molecular weight is 639 g/mol. The van der Waals surface area contributed by atoms with Gasteiger partial charge in [-0.15, -0.1) is 11.3 Å². The van der Waals surface area contributed by atoms with Gasteiger partial charge in [-0.05, 0) is 55.9 Å². The predicted octanol–water partition coefficient (Wildman–Crippen LogP) is 5.03. The minimum Gasteiger partial charge on any atom is -0.477 e. The molecular weight excluding hydrogens is 601 g/mol. The van der Waals surface area contributed by atoms with E-state index >= 15 is 0 Å². The summed E-state index contributed by atoms with van der Waals surface area (Å²) >= 11 is 1.14. The molecule has 3 fully saturated rings. The van der Waals surface area contributed by atoms with Crippen molar-refractivity contribution < 1.29 is 27.9 Å². The lowest BCUT2D eigenvalue weighted by atomic mass is 9.82. The first-order chi connectivity index (χ1) is 21.2. The van der Waals surface area contributed by atoms with Crippen molar-refractivity contribution in [3.63, 3.8) is 0 Å². The van der Waals surface area contributed by atoms with Gasteiger partial charge in [0.2, 0.25) is 15.9 Å². The molecule has 2 aliphatic heterocycles. The van der Waals surface area contributed by atoms with Gasteiger partial charge in [0.25, 0.3) is 0 Å². The molecule has 6 rings (SSSR count). The molecule has 1 amide bonds. The molecule has 1 unspecified atom stereocenters. The number of aryl methyl sites for hydroxylation is 1. The third-order valence-electron chi connectivity index (χ3n) is 8.90. The molecule has 1 aromatic carbocycles. The molecule has 0 bridgehead atoms. The van der Waals surface area contributed by atoms with Gasteiger partial charge >= 0.3 is 5.97 Å². The van der Waals surface area contributed by atoms with Crippen molar-refractivity contribution in [3.8, 4) is 10.4 Å². The van der Waals surface area contributed by atoms with Crippen molar-refractivity contribution in [1.82, 2.24) is 9.29 Å². The quantitative estimate of drug-likeness (QED) is 0.383. The monoisotopic (exact) mass is 638 g/mol. The molecule has 1 atom stereocenters. The molecule has 2 saturated heterocycles. The van der Waals surface area contributed by atoms with E-state index in [2.05, 4.69) is 9.88 Å². The van der Waals surface area contributed by atoms with E-state index in [0.29, 0.717) is 31.3 Å². The number of anilines is 2. The van der Waals surface area contributed by atoms with Crippen LogP contribution < -0.4 is 9.80 Å². The minimum absolute atomic E-state index is 0.0411. The van der Waals surface area contributed by atoms with E-state index in [9.17, 15) is 23.1 Å². The molecule has 2 aromatic heterocycles. The number of hydrogen-bond donors (Lipinski definition) is 1. The van der Waals surface area contributed by atoms with Crippen LogP contribution in [0.2, 0.25) is 0 Å². The number of pyridine rings is 1. The molecule has 1 saturated carbocycles. The maximum atomic E-state index is 14.0. The van der Waals surface area contributed by atoms with E-state index in [1.54, 1.807) is 23.1 Å². The van der Waals surface area contributed by atoms with Crippen molar-refractivity contribution in [1.29, 1.82) is 0 Å². The summed E-state index contributed by atoms with van der Waals surface area (Å²) in [6, 6.07) is 12.4. The van der Waals surface area contributed by atoms with Crippen molar-refractivity contribution in [2.24, 2.45) is 5.92 Å². The lowest BCUT2D eigenvalue weighted by molar-refractivity contribution is -0.121. The van der Waals surface area contributed by atoms with Gasteiger partial charge in [-0.1, -0.05) is 49.1 Å². The Morgan fingerprint density at radius 3 is 2.50 bits per heavy atom. The first-order valence-corrected chi connectivity index (χ1v) is 17.5. The van der Waals surface area contributed by atoms with Crippen LogP contribution in [0.15, 0.2) is 53.6 Å². The number of sulfonamides is 1. The van der Waals surface area contributed by atoms with E-state index in [1.807, 2.05) is 31.2 Å². The zero-order chi connectivity index (χ0) is 30.8. The molecule has 12 heteroatoms.